The molecule has 0 aliphatic carbocycles. The van der Waals surface area contributed by atoms with E-state index in [4.69, 9.17) is 5.26 Å². The summed E-state index contributed by atoms with van der Waals surface area (Å²) < 4.78 is 0. The Hall–Kier alpha value is -1.20. The highest BCUT2D eigenvalue weighted by molar-refractivity contribution is 5.08. The Morgan fingerprint density at radius 3 is 2.82 bits per heavy atom. The number of hydrogen-bond acceptors (Lipinski definition) is 2. The van der Waals surface area contributed by atoms with Gasteiger partial charge in [0.1, 0.15) is 6.26 Å². The molecule has 60 valence electrons. The molecule has 0 amide bonds. The van der Waals surface area contributed by atoms with Crippen LogP contribution in [0.15, 0.2) is 24.5 Å². The average Bonchev–Trinajstić information content (AvgIpc) is 2.03. The summed E-state index contributed by atoms with van der Waals surface area (Å²) in [5.41, 5.74) is 0. The molecule has 0 bridgehead atoms. The first kappa shape index (κ1) is 9.80. The molecule has 11 heavy (non-hydrogen) atoms. The lowest BCUT2D eigenvalue weighted by atomic mass is 10.3. The van der Waals surface area contributed by atoms with E-state index in [0.29, 0.717) is 0 Å². The second-order valence-corrected chi connectivity index (χ2v) is 1.77. The van der Waals surface area contributed by atoms with Gasteiger partial charge in [0.15, 0.2) is 0 Å². The summed E-state index contributed by atoms with van der Waals surface area (Å²) in [6.07, 6.45) is 8.06. The predicted octanol–water partition coefficient (Wildman–Crippen LogP) is 2.35. The second-order valence-electron chi connectivity index (χ2n) is 1.77. The number of rotatable bonds is 3. The van der Waals surface area contributed by atoms with Crippen LogP contribution in [0.25, 0.3) is 0 Å². The largest absolute Gasteiger partial charge is 0.348 e. The van der Waals surface area contributed by atoms with Crippen LogP contribution in [0.1, 0.15) is 19.8 Å². The zero-order valence-electron chi connectivity index (χ0n) is 6.58. The van der Waals surface area contributed by atoms with E-state index in [-0.39, 0.29) is 0 Å². The Bertz CT molecular complexity index is 181. The van der Waals surface area contributed by atoms with E-state index >= 15 is 0 Å². The molecule has 0 aliphatic rings. The molecule has 0 aromatic rings. The van der Waals surface area contributed by atoms with E-state index in [1.165, 1.54) is 6.26 Å². The Morgan fingerprint density at radius 1 is 1.36 bits per heavy atom. The quantitative estimate of drug-likeness (QED) is 0.221. The summed E-state index contributed by atoms with van der Waals surface area (Å²) in [4.78, 5) is 3.70. The van der Waals surface area contributed by atoms with Crippen LogP contribution in [0.3, 0.4) is 0 Å². The first-order valence-electron chi connectivity index (χ1n) is 3.49. The van der Waals surface area contributed by atoms with Gasteiger partial charge in [-0.25, -0.2) is 5.26 Å². The topological polar surface area (TPSA) is 29.5 Å². The molecule has 0 fully saturated rings. The molecule has 0 aromatic carbocycles. The van der Waals surface area contributed by atoms with Gasteiger partial charge in [0.2, 0.25) is 0 Å². The maximum absolute atomic E-state index is 7.86. The number of allylic oxidation sites excluding steroid dienone is 3. The van der Waals surface area contributed by atoms with E-state index < -0.39 is 0 Å². The first-order chi connectivity index (χ1) is 5.41. The van der Waals surface area contributed by atoms with Gasteiger partial charge in [-0.15, -0.1) is 5.92 Å². The zero-order valence-corrected chi connectivity index (χ0v) is 6.58. The minimum atomic E-state index is 0.740. The molecule has 2 nitrogen and oxygen atoms in total. The van der Waals surface area contributed by atoms with Crippen molar-refractivity contribution in [1.29, 1.82) is 0 Å². The van der Waals surface area contributed by atoms with Crippen molar-refractivity contribution in [3.05, 3.63) is 24.5 Å². The van der Waals surface area contributed by atoms with Crippen molar-refractivity contribution >= 4 is 0 Å². The van der Waals surface area contributed by atoms with Crippen LogP contribution in [0, 0.1) is 11.8 Å². The third kappa shape index (κ3) is 8.80. The van der Waals surface area contributed by atoms with Crippen LogP contribution >= 0.6 is 0 Å². The van der Waals surface area contributed by atoms with Crippen molar-refractivity contribution in [1.82, 2.24) is 0 Å². The highest BCUT2D eigenvalue weighted by atomic mass is 17.1. The molecule has 0 saturated heterocycles. The first-order valence-corrected chi connectivity index (χ1v) is 3.49. The van der Waals surface area contributed by atoms with Gasteiger partial charge in [0, 0.05) is 12.8 Å². The summed E-state index contributed by atoms with van der Waals surface area (Å²) in [6.45, 7) is 2.01. The number of hydrogen-bond donors (Lipinski definition) is 1. The average molecular weight is 152 g/mol. The molecular formula is C9H12O2. The lowest BCUT2D eigenvalue weighted by Gasteiger charge is -1.78. The smallest absolute Gasteiger partial charge is 0.129 e. The third-order valence-corrected chi connectivity index (χ3v) is 0.908. The predicted molar refractivity (Wildman–Crippen MR) is 44.7 cm³/mol. The second kappa shape index (κ2) is 8.80. The van der Waals surface area contributed by atoms with Crippen LogP contribution in [0.4, 0.5) is 0 Å². The van der Waals surface area contributed by atoms with Crippen molar-refractivity contribution in [2.45, 2.75) is 19.8 Å². The van der Waals surface area contributed by atoms with Gasteiger partial charge in [0.05, 0.1) is 0 Å². The molecule has 0 spiro atoms. The highest BCUT2D eigenvalue weighted by Gasteiger charge is 1.67. The van der Waals surface area contributed by atoms with E-state index in [2.05, 4.69) is 16.7 Å². The minimum Gasteiger partial charge on any atom is -0.348 e. The molecule has 1 N–H and O–H groups in total. The fourth-order valence-corrected chi connectivity index (χ4v) is 0.483. The molecule has 0 saturated carbocycles. The third-order valence-electron chi connectivity index (χ3n) is 0.908. The van der Waals surface area contributed by atoms with Crippen LogP contribution in [-0.4, -0.2) is 5.26 Å². The molecule has 0 aromatic heterocycles. The van der Waals surface area contributed by atoms with Gasteiger partial charge < -0.3 is 4.89 Å². The van der Waals surface area contributed by atoms with Gasteiger partial charge >= 0.3 is 0 Å². The van der Waals surface area contributed by atoms with E-state index in [9.17, 15) is 0 Å². The summed E-state index contributed by atoms with van der Waals surface area (Å²) in [5.74, 6) is 5.87. The summed E-state index contributed by atoms with van der Waals surface area (Å²) in [7, 11) is 0. The van der Waals surface area contributed by atoms with E-state index in [1.807, 2.05) is 13.0 Å². The molecule has 0 radical (unpaired) electrons. The highest BCUT2D eigenvalue weighted by Crippen LogP contribution is 1.82. The monoisotopic (exact) mass is 152 g/mol. The molecule has 0 heterocycles. The fourth-order valence-electron chi connectivity index (χ4n) is 0.483. The lowest BCUT2D eigenvalue weighted by Crippen LogP contribution is -1.63. The van der Waals surface area contributed by atoms with Crippen LogP contribution in [0.2, 0.25) is 0 Å². The summed E-state index contributed by atoms with van der Waals surface area (Å²) in [6, 6.07) is 0. The molecular weight excluding hydrogens is 140 g/mol. The van der Waals surface area contributed by atoms with Crippen LogP contribution in [0.5, 0.6) is 0 Å². The Kier molecular flexibility index (Phi) is 7.84. The molecule has 0 unspecified atom stereocenters. The lowest BCUT2D eigenvalue weighted by molar-refractivity contribution is -0.186. The Labute approximate surface area is 67.1 Å². The van der Waals surface area contributed by atoms with Crippen LogP contribution in [-0.2, 0) is 4.89 Å². The summed E-state index contributed by atoms with van der Waals surface area (Å²) >= 11 is 0. The van der Waals surface area contributed by atoms with Crippen molar-refractivity contribution < 1.29 is 10.1 Å². The SMILES string of the molecule is CCC#CC/C=C/C=C/OO. The Morgan fingerprint density at radius 2 is 2.18 bits per heavy atom. The van der Waals surface area contributed by atoms with Gasteiger partial charge in [-0.2, -0.15) is 0 Å². The maximum Gasteiger partial charge on any atom is 0.129 e. The summed E-state index contributed by atoms with van der Waals surface area (Å²) in [5, 5.41) is 7.86. The Balaban J connectivity index is 3.37. The van der Waals surface area contributed by atoms with Gasteiger partial charge in [0.25, 0.3) is 0 Å². The van der Waals surface area contributed by atoms with Crippen molar-refractivity contribution in [2.75, 3.05) is 0 Å². The zero-order chi connectivity index (χ0) is 8.36. The van der Waals surface area contributed by atoms with Gasteiger partial charge in [-0.3, -0.25) is 0 Å². The van der Waals surface area contributed by atoms with E-state index in [1.54, 1.807) is 12.2 Å². The maximum atomic E-state index is 7.86. The molecule has 2 heteroatoms. The fraction of sp³-hybridized carbons (Fsp3) is 0.333. The van der Waals surface area contributed by atoms with Crippen molar-refractivity contribution in [3.8, 4) is 11.8 Å². The molecule has 0 rings (SSSR count). The van der Waals surface area contributed by atoms with Crippen molar-refractivity contribution in [3.63, 3.8) is 0 Å². The van der Waals surface area contributed by atoms with Gasteiger partial charge in [-0.1, -0.05) is 25.0 Å². The normalized spacial score (nSPS) is 10.0. The van der Waals surface area contributed by atoms with Crippen molar-refractivity contribution in [2.24, 2.45) is 0 Å². The van der Waals surface area contributed by atoms with E-state index in [0.717, 1.165) is 12.8 Å². The molecule has 0 aliphatic heterocycles. The minimum absolute atomic E-state index is 0.740. The molecule has 0 atom stereocenters. The standard InChI is InChI=1S/C9H12O2/c1-2-3-4-5-6-7-8-9-11-10/h6-10H,2,5H2,1H3/b7-6+,9-8+. The van der Waals surface area contributed by atoms with Gasteiger partial charge in [-0.05, 0) is 6.08 Å². The van der Waals surface area contributed by atoms with Crippen LogP contribution < -0.4 is 0 Å².